The third-order valence-corrected chi connectivity index (χ3v) is 3.67. The second-order valence-corrected chi connectivity index (χ2v) is 4.55. The van der Waals surface area contributed by atoms with Crippen LogP contribution in [0.15, 0.2) is 0 Å². The van der Waals surface area contributed by atoms with E-state index in [0.717, 1.165) is 12.5 Å². The third kappa shape index (κ3) is 4.49. The van der Waals surface area contributed by atoms with E-state index in [-0.39, 0.29) is 0 Å². The lowest BCUT2D eigenvalue weighted by molar-refractivity contribution is 0.162. The highest BCUT2D eigenvalue weighted by Gasteiger charge is 2.17. The van der Waals surface area contributed by atoms with Gasteiger partial charge in [0.2, 0.25) is 0 Å². The summed E-state index contributed by atoms with van der Waals surface area (Å²) in [6, 6.07) is 0. The minimum Gasteiger partial charge on any atom is -0.330 e. The van der Waals surface area contributed by atoms with Gasteiger partial charge in [0.05, 0.1) is 0 Å². The normalized spacial score (nSPS) is 20.0. The van der Waals surface area contributed by atoms with E-state index in [0.29, 0.717) is 0 Å². The Morgan fingerprint density at radius 3 is 2.27 bits per heavy atom. The minimum absolute atomic E-state index is 0.787. The molecule has 0 radical (unpaired) electrons. The summed E-state index contributed by atoms with van der Waals surface area (Å²) in [6.45, 7) is 12.7. The van der Waals surface area contributed by atoms with Crippen LogP contribution in [0.4, 0.5) is 0 Å². The van der Waals surface area contributed by atoms with Crippen molar-refractivity contribution >= 4 is 0 Å². The average Bonchev–Trinajstić information content (AvgIpc) is 2.31. The van der Waals surface area contributed by atoms with Crippen LogP contribution in [0.1, 0.15) is 26.7 Å². The fourth-order valence-corrected chi connectivity index (χ4v) is 2.27. The van der Waals surface area contributed by atoms with Gasteiger partial charge in [0.1, 0.15) is 0 Å². The third-order valence-electron chi connectivity index (χ3n) is 3.67. The first kappa shape index (κ1) is 12.9. The van der Waals surface area contributed by atoms with Gasteiger partial charge < -0.3 is 15.5 Å². The lowest BCUT2D eigenvalue weighted by atomic mass is 9.97. The standard InChI is InChI=1S/C12H27N3/c1-3-14(4-2)9-10-15-7-5-12(11-13)6-8-15/h12H,3-11,13H2,1-2H3. The molecule has 1 heterocycles. The summed E-state index contributed by atoms with van der Waals surface area (Å²) in [5.41, 5.74) is 5.69. The molecule has 0 saturated carbocycles. The van der Waals surface area contributed by atoms with Crippen molar-refractivity contribution in [2.45, 2.75) is 26.7 Å². The summed E-state index contributed by atoms with van der Waals surface area (Å²) in [5, 5.41) is 0. The molecule has 0 aromatic carbocycles. The number of nitrogens with zero attached hydrogens (tertiary/aromatic N) is 2. The monoisotopic (exact) mass is 213 g/mol. The van der Waals surface area contributed by atoms with E-state index < -0.39 is 0 Å². The Morgan fingerprint density at radius 2 is 1.80 bits per heavy atom. The van der Waals surface area contributed by atoms with Crippen molar-refractivity contribution in [2.75, 3.05) is 45.8 Å². The molecule has 0 aliphatic carbocycles. The SMILES string of the molecule is CCN(CC)CCN1CCC(CN)CC1. The Labute approximate surface area is 94.6 Å². The first-order valence-corrected chi connectivity index (χ1v) is 6.44. The lowest BCUT2D eigenvalue weighted by Crippen LogP contribution is -2.40. The zero-order chi connectivity index (χ0) is 11.1. The second kappa shape index (κ2) is 7.20. The molecule has 0 spiro atoms. The van der Waals surface area contributed by atoms with Crippen molar-refractivity contribution in [1.82, 2.24) is 9.80 Å². The quantitative estimate of drug-likeness (QED) is 0.714. The summed E-state index contributed by atoms with van der Waals surface area (Å²) >= 11 is 0. The van der Waals surface area contributed by atoms with Crippen LogP contribution in [0.2, 0.25) is 0 Å². The van der Waals surface area contributed by atoms with Crippen molar-refractivity contribution in [3.05, 3.63) is 0 Å². The second-order valence-electron chi connectivity index (χ2n) is 4.55. The Hall–Kier alpha value is -0.120. The maximum Gasteiger partial charge on any atom is 0.0109 e. The summed E-state index contributed by atoms with van der Waals surface area (Å²) in [4.78, 5) is 5.08. The molecule has 0 amide bonds. The molecule has 2 N–H and O–H groups in total. The zero-order valence-corrected chi connectivity index (χ0v) is 10.4. The number of likely N-dealkylation sites (tertiary alicyclic amines) is 1. The van der Waals surface area contributed by atoms with Gasteiger partial charge in [0.15, 0.2) is 0 Å². The predicted octanol–water partition coefficient (Wildman–Crippen LogP) is 0.999. The van der Waals surface area contributed by atoms with Crippen LogP contribution >= 0.6 is 0 Å². The molecule has 3 heteroatoms. The number of hydrogen-bond acceptors (Lipinski definition) is 3. The smallest absolute Gasteiger partial charge is 0.0109 e. The van der Waals surface area contributed by atoms with E-state index in [4.69, 9.17) is 5.73 Å². The molecular formula is C12H27N3. The molecule has 0 aromatic heterocycles. The molecule has 3 nitrogen and oxygen atoms in total. The molecular weight excluding hydrogens is 186 g/mol. The maximum atomic E-state index is 5.69. The number of nitrogens with two attached hydrogens (primary N) is 1. The van der Waals surface area contributed by atoms with Crippen LogP contribution in [0.3, 0.4) is 0 Å². The fourth-order valence-electron chi connectivity index (χ4n) is 2.27. The largest absolute Gasteiger partial charge is 0.330 e. The lowest BCUT2D eigenvalue weighted by Gasteiger charge is -2.32. The van der Waals surface area contributed by atoms with Crippen molar-refractivity contribution in [1.29, 1.82) is 0 Å². The summed E-state index contributed by atoms with van der Waals surface area (Å²) in [5.74, 6) is 0.787. The van der Waals surface area contributed by atoms with E-state index in [1.165, 1.54) is 52.1 Å². The maximum absolute atomic E-state index is 5.69. The molecule has 1 rings (SSSR count). The fraction of sp³-hybridized carbons (Fsp3) is 1.00. The van der Waals surface area contributed by atoms with E-state index in [1.54, 1.807) is 0 Å². The van der Waals surface area contributed by atoms with Crippen molar-refractivity contribution in [3.8, 4) is 0 Å². The summed E-state index contributed by atoms with van der Waals surface area (Å²) < 4.78 is 0. The van der Waals surface area contributed by atoms with Gasteiger partial charge in [0, 0.05) is 13.1 Å². The van der Waals surface area contributed by atoms with Gasteiger partial charge in [-0.2, -0.15) is 0 Å². The van der Waals surface area contributed by atoms with Gasteiger partial charge in [-0.15, -0.1) is 0 Å². The predicted molar refractivity (Wildman–Crippen MR) is 66.0 cm³/mol. The zero-order valence-electron chi connectivity index (χ0n) is 10.4. The van der Waals surface area contributed by atoms with E-state index in [2.05, 4.69) is 23.6 Å². The molecule has 90 valence electrons. The summed E-state index contributed by atoms with van der Waals surface area (Å²) in [7, 11) is 0. The first-order valence-electron chi connectivity index (χ1n) is 6.44. The van der Waals surface area contributed by atoms with Crippen LogP contribution in [-0.4, -0.2) is 55.6 Å². The first-order chi connectivity index (χ1) is 7.30. The molecule has 15 heavy (non-hydrogen) atoms. The molecule has 1 aliphatic heterocycles. The highest BCUT2D eigenvalue weighted by atomic mass is 15.2. The van der Waals surface area contributed by atoms with Crippen LogP contribution in [0.5, 0.6) is 0 Å². The van der Waals surface area contributed by atoms with Gasteiger partial charge in [-0.1, -0.05) is 13.8 Å². The molecule has 1 saturated heterocycles. The van der Waals surface area contributed by atoms with Gasteiger partial charge in [-0.25, -0.2) is 0 Å². The Balaban J connectivity index is 2.12. The summed E-state index contributed by atoms with van der Waals surface area (Å²) in [6.07, 6.45) is 2.60. The number of hydrogen-bond donors (Lipinski definition) is 1. The molecule has 0 atom stereocenters. The van der Waals surface area contributed by atoms with Crippen molar-refractivity contribution in [3.63, 3.8) is 0 Å². The molecule has 1 fully saturated rings. The van der Waals surface area contributed by atoms with Crippen LogP contribution in [-0.2, 0) is 0 Å². The highest BCUT2D eigenvalue weighted by Crippen LogP contribution is 2.15. The number of rotatable bonds is 6. The van der Waals surface area contributed by atoms with E-state index in [1.807, 2.05) is 0 Å². The number of piperidine rings is 1. The van der Waals surface area contributed by atoms with E-state index >= 15 is 0 Å². The van der Waals surface area contributed by atoms with Crippen molar-refractivity contribution in [2.24, 2.45) is 11.7 Å². The van der Waals surface area contributed by atoms with Gasteiger partial charge >= 0.3 is 0 Å². The molecule has 1 aliphatic rings. The van der Waals surface area contributed by atoms with E-state index in [9.17, 15) is 0 Å². The minimum atomic E-state index is 0.787. The van der Waals surface area contributed by atoms with Crippen LogP contribution < -0.4 is 5.73 Å². The highest BCUT2D eigenvalue weighted by molar-refractivity contribution is 4.73. The van der Waals surface area contributed by atoms with Crippen molar-refractivity contribution < 1.29 is 0 Å². The van der Waals surface area contributed by atoms with Crippen LogP contribution in [0.25, 0.3) is 0 Å². The number of likely N-dealkylation sites (N-methyl/N-ethyl adjacent to an activating group) is 1. The van der Waals surface area contributed by atoms with Crippen LogP contribution in [0, 0.1) is 5.92 Å². The topological polar surface area (TPSA) is 32.5 Å². The Morgan fingerprint density at radius 1 is 1.20 bits per heavy atom. The molecule has 0 bridgehead atoms. The average molecular weight is 213 g/mol. The Kier molecular flexibility index (Phi) is 6.22. The van der Waals surface area contributed by atoms with Gasteiger partial charge in [-0.05, 0) is 51.5 Å². The molecule has 0 aromatic rings. The molecule has 0 unspecified atom stereocenters. The Bertz CT molecular complexity index is 149. The van der Waals surface area contributed by atoms with Gasteiger partial charge in [-0.3, -0.25) is 0 Å². The van der Waals surface area contributed by atoms with Gasteiger partial charge in [0.25, 0.3) is 0 Å².